The standard InChI is InChI=1S/C20H19FN2O4/c1-2-11-3-6-17-15(9-11)13(19(25)23-17)7-8-22-18(24)14-5-4-12(20(26)27)10-16(14)21/h3-6,9-10,13H,2,7-8H2,1H3,(H,22,24)(H,23,25)(H,26,27). The van der Waals surface area contributed by atoms with Crippen LogP contribution < -0.4 is 10.6 Å². The second-order valence-corrected chi connectivity index (χ2v) is 6.36. The van der Waals surface area contributed by atoms with Gasteiger partial charge in [0.25, 0.3) is 5.91 Å². The van der Waals surface area contributed by atoms with Crippen molar-refractivity contribution < 1.29 is 23.9 Å². The highest BCUT2D eigenvalue weighted by molar-refractivity contribution is 6.03. The lowest BCUT2D eigenvalue weighted by molar-refractivity contribution is -0.117. The normalized spacial score (nSPS) is 15.2. The average Bonchev–Trinajstić information content (AvgIpc) is 2.96. The van der Waals surface area contributed by atoms with E-state index < -0.39 is 17.7 Å². The van der Waals surface area contributed by atoms with E-state index in [-0.39, 0.29) is 29.5 Å². The van der Waals surface area contributed by atoms with Crippen LogP contribution in [0.25, 0.3) is 0 Å². The van der Waals surface area contributed by atoms with Crippen molar-refractivity contribution in [1.29, 1.82) is 0 Å². The zero-order chi connectivity index (χ0) is 19.6. The van der Waals surface area contributed by atoms with Gasteiger partial charge in [-0.05, 0) is 48.2 Å². The van der Waals surface area contributed by atoms with E-state index in [1.165, 1.54) is 6.07 Å². The third kappa shape index (κ3) is 3.81. The highest BCUT2D eigenvalue weighted by Gasteiger charge is 2.30. The Morgan fingerprint density at radius 1 is 1.22 bits per heavy atom. The summed E-state index contributed by atoms with van der Waals surface area (Å²) in [6.07, 6.45) is 1.24. The monoisotopic (exact) mass is 370 g/mol. The molecule has 0 bridgehead atoms. The van der Waals surface area contributed by atoms with Gasteiger partial charge in [-0.3, -0.25) is 9.59 Å². The molecular weight excluding hydrogens is 351 g/mol. The van der Waals surface area contributed by atoms with E-state index in [0.29, 0.717) is 6.42 Å². The van der Waals surface area contributed by atoms with E-state index in [0.717, 1.165) is 35.4 Å². The Morgan fingerprint density at radius 2 is 2.00 bits per heavy atom. The average molecular weight is 370 g/mol. The van der Waals surface area contributed by atoms with Crippen LogP contribution in [0.3, 0.4) is 0 Å². The van der Waals surface area contributed by atoms with Gasteiger partial charge in [0.1, 0.15) is 5.82 Å². The summed E-state index contributed by atoms with van der Waals surface area (Å²) in [5, 5.41) is 14.3. The summed E-state index contributed by atoms with van der Waals surface area (Å²) in [5.41, 5.74) is 2.36. The number of carboxylic acids is 1. The molecule has 27 heavy (non-hydrogen) atoms. The first-order chi connectivity index (χ1) is 12.9. The van der Waals surface area contributed by atoms with Crippen molar-refractivity contribution in [2.75, 3.05) is 11.9 Å². The predicted octanol–water partition coefficient (Wildman–Crippen LogP) is 2.94. The number of aryl methyl sites for hydroxylation is 1. The zero-order valence-electron chi connectivity index (χ0n) is 14.7. The SMILES string of the molecule is CCc1ccc2c(c1)C(CCNC(=O)c1ccc(C(=O)O)cc1F)C(=O)N2. The molecule has 2 amide bonds. The Bertz CT molecular complexity index is 926. The molecule has 3 rings (SSSR count). The molecule has 0 fully saturated rings. The maximum absolute atomic E-state index is 13.9. The van der Waals surface area contributed by atoms with E-state index in [1.54, 1.807) is 0 Å². The molecule has 6 nitrogen and oxygen atoms in total. The second kappa shape index (κ2) is 7.57. The van der Waals surface area contributed by atoms with Gasteiger partial charge in [-0.2, -0.15) is 0 Å². The lowest BCUT2D eigenvalue weighted by Crippen LogP contribution is -2.27. The summed E-state index contributed by atoms with van der Waals surface area (Å²) >= 11 is 0. The second-order valence-electron chi connectivity index (χ2n) is 6.36. The predicted molar refractivity (Wildman–Crippen MR) is 97.5 cm³/mol. The Morgan fingerprint density at radius 3 is 2.67 bits per heavy atom. The molecular formula is C20H19FN2O4. The minimum atomic E-state index is -1.27. The van der Waals surface area contributed by atoms with Crippen molar-refractivity contribution >= 4 is 23.5 Å². The Hall–Kier alpha value is -3.22. The molecule has 1 heterocycles. The van der Waals surface area contributed by atoms with Gasteiger partial charge in [0.2, 0.25) is 5.91 Å². The van der Waals surface area contributed by atoms with Crippen molar-refractivity contribution in [2.24, 2.45) is 0 Å². The number of carboxylic acid groups (broad SMARTS) is 1. The quantitative estimate of drug-likeness (QED) is 0.728. The number of hydrogen-bond acceptors (Lipinski definition) is 3. The third-order valence-corrected chi connectivity index (χ3v) is 4.65. The summed E-state index contributed by atoms with van der Waals surface area (Å²) in [7, 11) is 0. The van der Waals surface area contributed by atoms with E-state index >= 15 is 0 Å². The molecule has 0 spiro atoms. The van der Waals surface area contributed by atoms with Crippen LogP contribution in [0.15, 0.2) is 36.4 Å². The van der Waals surface area contributed by atoms with Crippen LogP contribution in [0.2, 0.25) is 0 Å². The molecule has 0 aromatic heterocycles. The number of fused-ring (bicyclic) bond motifs is 1. The van der Waals surface area contributed by atoms with Crippen LogP contribution in [0, 0.1) is 5.82 Å². The maximum atomic E-state index is 13.9. The van der Waals surface area contributed by atoms with E-state index in [1.807, 2.05) is 25.1 Å². The maximum Gasteiger partial charge on any atom is 0.335 e. The number of aromatic carboxylic acids is 1. The highest BCUT2D eigenvalue weighted by Crippen LogP contribution is 2.35. The number of rotatable bonds is 6. The summed E-state index contributed by atoms with van der Waals surface area (Å²) < 4.78 is 13.9. The lowest BCUT2D eigenvalue weighted by Gasteiger charge is -2.11. The zero-order valence-corrected chi connectivity index (χ0v) is 14.7. The number of hydrogen-bond donors (Lipinski definition) is 3. The number of nitrogens with one attached hydrogen (secondary N) is 2. The molecule has 3 N–H and O–H groups in total. The smallest absolute Gasteiger partial charge is 0.335 e. The Kier molecular flexibility index (Phi) is 5.21. The summed E-state index contributed by atoms with van der Waals surface area (Å²) in [4.78, 5) is 35.2. The van der Waals surface area contributed by atoms with Crippen LogP contribution in [0.5, 0.6) is 0 Å². The molecule has 140 valence electrons. The number of carbonyl (C=O) groups excluding carboxylic acids is 2. The van der Waals surface area contributed by atoms with Gasteiger partial charge in [-0.1, -0.05) is 19.1 Å². The van der Waals surface area contributed by atoms with Gasteiger partial charge in [0.15, 0.2) is 0 Å². The lowest BCUT2D eigenvalue weighted by atomic mass is 9.95. The number of anilines is 1. The molecule has 1 unspecified atom stereocenters. The Labute approximate surface area is 155 Å². The topological polar surface area (TPSA) is 95.5 Å². The molecule has 1 aliphatic rings. The first kappa shape index (κ1) is 18.6. The third-order valence-electron chi connectivity index (χ3n) is 4.65. The first-order valence-electron chi connectivity index (χ1n) is 8.65. The van der Waals surface area contributed by atoms with Crippen molar-refractivity contribution in [3.05, 3.63) is 64.5 Å². The van der Waals surface area contributed by atoms with Gasteiger partial charge in [-0.25, -0.2) is 9.18 Å². The van der Waals surface area contributed by atoms with Gasteiger partial charge >= 0.3 is 5.97 Å². The van der Waals surface area contributed by atoms with Gasteiger partial charge in [0.05, 0.1) is 17.0 Å². The molecule has 1 aliphatic heterocycles. The van der Waals surface area contributed by atoms with Crippen LogP contribution >= 0.6 is 0 Å². The first-order valence-corrected chi connectivity index (χ1v) is 8.65. The number of carbonyl (C=O) groups is 3. The van der Waals surface area contributed by atoms with Crippen LogP contribution in [-0.2, 0) is 11.2 Å². The fourth-order valence-corrected chi connectivity index (χ4v) is 3.14. The number of amides is 2. The van der Waals surface area contributed by atoms with Gasteiger partial charge < -0.3 is 15.7 Å². The van der Waals surface area contributed by atoms with Gasteiger partial charge in [-0.15, -0.1) is 0 Å². The van der Waals surface area contributed by atoms with Crippen molar-refractivity contribution in [2.45, 2.75) is 25.7 Å². The summed E-state index contributed by atoms with van der Waals surface area (Å²) in [6.45, 7) is 2.22. The highest BCUT2D eigenvalue weighted by atomic mass is 19.1. The van der Waals surface area contributed by atoms with E-state index in [2.05, 4.69) is 10.6 Å². The summed E-state index contributed by atoms with van der Waals surface area (Å²) in [5.74, 6) is -3.30. The van der Waals surface area contributed by atoms with E-state index in [9.17, 15) is 18.8 Å². The largest absolute Gasteiger partial charge is 0.478 e. The van der Waals surface area contributed by atoms with Crippen LogP contribution in [0.1, 0.15) is 51.1 Å². The molecule has 2 aromatic rings. The number of halogens is 1. The number of benzene rings is 2. The minimum Gasteiger partial charge on any atom is -0.478 e. The minimum absolute atomic E-state index is 0.121. The van der Waals surface area contributed by atoms with Crippen molar-refractivity contribution in [1.82, 2.24) is 5.32 Å². The fourth-order valence-electron chi connectivity index (χ4n) is 3.14. The molecule has 0 saturated carbocycles. The van der Waals surface area contributed by atoms with Crippen molar-refractivity contribution in [3.8, 4) is 0 Å². The van der Waals surface area contributed by atoms with E-state index in [4.69, 9.17) is 5.11 Å². The molecule has 0 aliphatic carbocycles. The Balaban J connectivity index is 1.64. The molecule has 1 atom stereocenters. The van der Waals surface area contributed by atoms with Gasteiger partial charge in [0, 0.05) is 12.2 Å². The van der Waals surface area contributed by atoms with Crippen LogP contribution in [-0.4, -0.2) is 29.4 Å². The summed E-state index contributed by atoms with van der Waals surface area (Å²) in [6, 6.07) is 8.96. The molecule has 7 heteroatoms. The van der Waals surface area contributed by atoms with Crippen LogP contribution in [0.4, 0.5) is 10.1 Å². The molecule has 2 aromatic carbocycles. The van der Waals surface area contributed by atoms with Crippen molar-refractivity contribution in [3.63, 3.8) is 0 Å². The fraction of sp³-hybridized carbons (Fsp3) is 0.250. The molecule has 0 radical (unpaired) electrons. The molecule has 0 saturated heterocycles.